The molecule has 2 heteroatoms. The van der Waals surface area contributed by atoms with E-state index in [0.29, 0.717) is 6.42 Å². The van der Waals surface area contributed by atoms with Gasteiger partial charge in [0.1, 0.15) is 5.75 Å². The largest absolute Gasteiger partial charge is 0.508 e. The van der Waals surface area contributed by atoms with Crippen molar-refractivity contribution < 1.29 is 9.90 Å². The highest BCUT2D eigenvalue weighted by molar-refractivity contribution is 6.00. The van der Waals surface area contributed by atoms with Crippen LogP contribution in [0.4, 0.5) is 0 Å². The number of hydrogen-bond donors (Lipinski definition) is 1. The Kier molecular flexibility index (Phi) is 3.08. The summed E-state index contributed by atoms with van der Waals surface area (Å²) in [6, 6.07) is 15.1. The van der Waals surface area contributed by atoms with Gasteiger partial charge in [0.25, 0.3) is 0 Å². The molecule has 96 valence electrons. The summed E-state index contributed by atoms with van der Waals surface area (Å²) in [4.78, 5) is 12.4. The van der Waals surface area contributed by atoms with Gasteiger partial charge in [0, 0.05) is 11.5 Å². The summed E-state index contributed by atoms with van der Waals surface area (Å²) in [5, 5.41) is 9.48. The predicted octanol–water partition coefficient (Wildman–Crippen LogP) is 3.38. The molecular weight excluding hydrogens is 236 g/mol. The van der Waals surface area contributed by atoms with Gasteiger partial charge in [-0.25, -0.2) is 0 Å². The summed E-state index contributed by atoms with van der Waals surface area (Å²) in [5.74, 6) is 0.544. The van der Waals surface area contributed by atoms with Crippen molar-refractivity contribution in [2.24, 2.45) is 5.92 Å². The highest BCUT2D eigenvalue weighted by Crippen LogP contribution is 2.28. The van der Waals surface area contributed by atoms with Crippen molar-refractivity contribution in [3.05, 3.63) is 65.2 Å². The summed E-state index contributed by atoms with van der Waals surface area (Å²) >= 11 is 0. The fraction of sp³-hybridized carbons (Fsp3) is 0.235. The van der Waals surface area contributed by atoms with Crippen LogP contribution in [0.3, 0.4) is 0 Å². The molecular formula is C17H16O2. The number of phenols is 1. The molecule has 1 N–H and O–H groups in total. The number of hydrogen-bond acceptors (Lipinski definition) is 2. The number of phenolic OH excluding ortho intramolecular Hbond substituents is 1. The van der Waals surface area contributed by atoms with Gasteiger partial charge in [0.2, 0.25) is 0 Å². The zero-order valence-corrected chi connectivity index (χ0v) is 10.7. The van der Waals surface area contributed by atoms with Gasteiger partial charge in [-0.3, -0.25) is 4.79 Å². The average Bonchev–Trinajstić information content (AvgIpc) is 2.42. The lowest BCUT2D eigenvalue weighted by Crippen LogP contribution is -2.24. The molecule has 1 aliphatic carbocycles. The van der Waals surface area contributed by atoms with E-state index < -0.39 is 0 Å². The van der Waals surface area contributed by atoms with Crippen LogP contribution in [0, 0.1) is 5.92 Å². The first-order valence-corrected chi connectivity index (χ1v) is 6.64. The third kappa shape index (κ3) is 2.39. The number of rotatable bonds is 2. The van der Waals surface area contributed by atoms with Gasteiger partial charge in [0.15, 0.2) is 5.78 Å². The van der Waals surface area contributed by atoms with Gasteiger partial charge in [-0.2, -0.15) is 0 Å². The zero-order chi connectivity index (χ0) is 13.2. The summed E-state index contributed by atoms with van der Waals surface area (Å²) < 4.78 is 0. The molecule has 1 aliphatic rings. The number of Topliss-reactive ketones (excluding diaryl/α,β-unsaturated/α-hetero) is 1. The molecule has 2 nitrogen and oxygen atoms in total. The fourth-order valence-corrected chi connectivity index (χ4v) is 2.82. The number of benzene rings is 2. The Balaban J connectivity index is 1.83. The van der Waals surface area contributed by atoms with E-state index in [2.05, 4.69) is 0 Å². The molecule has 0 bridgehead atoms. The third-order valence-corrected chi connectivity index (χ3v) is 3.81. The molecule has 0 saturated carbocycles. The van der Waals surface area contributed by atoms with E-state index in [9.17, 15) is 9.90 Å². The van der Waals surface area contributed by atoms with Crippen LogP contribution in [0.25, 0.3) is 0 Å². The molecule has 1 atom stereocenters. The van der Waals surface area contributed by atoms with E-state index in [1.165, 1.54) is 5.56 Å². The number of ketones is 1. The molecule has 2 aromatic rings. The van der Waals surface area contributed by atoms with E-state index in [1.54, 1.807) is 12.1 Å². The van der Waals surface area contributed by atoms with Crippen molar-refractivity contribution in [1.82, 2.24) is 0 Å². The number of fused-ring (bicyclic) bond motifs is 1. The summed E-state index contributed by atoms with van der Waals surface area (Å²) in [5.41, 5.74) is 3.07. The maximum atomic E-state index is 12.4. The quantitative estimate of drug-likeness (QED) is 0.889. The normalized spacial score (nSPS) is 18.1. The number of aromatic hydroxyl groups is 1. The Labute approximate surface area is 112 Å². The van der Waals surface area contributed by atoms with Gasteiger partial charge < -0.3 is 5.11 Å². The second kappa shape index (κ2) is 4.88. The molecule has 0 heterocycles. The fourth-order valence-electron chi connectivity index (χ4n) is 2.82. The van der Waals surface area contributed by atoms with Crippen LogP contribution in [0.1, 0.15) is 27.9 Å². The number of carbonyl (C=O) groups is 1. The summed E-state index contributed by atoms with van der Waals surface area (Å²) in [6.07, 6.45) is 2.57. The monoisotopic (exact) mass is 252 g/mol. The van der Waals surface area contributed by atoms with E-state index in [-0.39, 0.29) is 17.5 Å². The van der Waals surface area contributed by atoms with Crippen molar-refractivity contribution >= 4 is 5.78 Å². The van der Waals surface area contributed by atoms with Crippen molar-refractivity contribution in [2.45, 2.75) is 19.3 Å². The second-order valence-corrected chi connectivity index (χ2v) is 5.13. The molecule has 3 rings (SSSR count). The smallest absolute Gasteiger partial charge is 0.166 e. The molecule has 0 radical (unpaired) electrons. The Morgan fingerprint density at radius 1 is 1.11 bits per heavy atom. The van der Waals surface area contributed by atoms with Crippen molar-refractivity contribution in [2.75, 3.05) is 0 Å². The van der Waals surface area contributed by atoms with E-state index >= 15 is 0 Å². The maximum Gasteiger partial charge on any atom is 0.166 e. The standard InChI is InChI=1S/C17H16O2/c18-15-6-3-4-12(11-15)10-14-9-8-13-5-1-2-7-16(13)17(14)19/h1-7,11,14,18H,8-10H2. The minimum absolute atomic E-state index is 0.0386. The van der Waals surface area contributed by atoms with E-state index in [4.69, 9.17) is 0 Å². The van der Waals surface area contributed by atoms with Crippen LogP contribution >= 0.6 is 0 Å². The van der Waals surface area contributed by atoms with Gasteiger partial charge in [-0.1, -0.05) is 36.4 Å². The van der Waals surface area contributed by atoms with E-state index in [1.807, 2.05) is 36.4 Å². The lowest BCUT2D eigenvalue weighted by Gasteiger charge is -2.23. The minimum Gasteiger partial charge on any atom is -0.508 e. The Hall–Kier alpha value is -2.09. The van der Waals surface area contributed by atoms with Crippen molar-refractivity contribution in [3.8, 4) is 5.75 Å². The highest BCUT2D eigenvalue weighted by Gasteiger charge is 2.26. The van der Waals surface area contributed by atoms with Crippen LogP contribution in [0.2, 0.25) is 0 Å². The molecule has 0 aliphatic heterocycles. The Morgan fingerprint density at radius 2 is 1.95 bits per heavy atom. The second-order valence-electron chi connectivity index (χ2n) is 5.13. The highest BCUT2D eigenvalue weighted by atomic mass is 16.3. The average molecular weight is 252 g/mol. The molecule has 0 fully saturated rings. The number of carbonyl (C=O) groups excluding carboxylic acids is 1. The van der Waals surface area contributed by atoms with Crippen molar-refractivity contribution in [1.29, 1.82) is 0 Å². The first-order chi connectivity index (χ1) is 9.24. The lowest BCUT2D eigenvalue weighted by atomic mass is 9.80. The van der Waals surface area contributed by atoms with Gasteiger partial charge in [-0.05, 0) is 42.5 Å². The first kappa shape index (κ1) is 12.0. The molecule has 0 aromatic heterocycles. The molecule has 1 unspecified atom stereocenters. The third-order valence-electron chi connectivity index (χ3n) is 3.81. The number of aryl methyl sites for hydroxylation is 1. The minimum atomic E-state index is 0.0386. The van der Waals surface area contributed by atoms with Crippen molar-refractivity contribution in [3.63, 3.8) is 0 Å². The van der Waals surface area contributed by atoms with Gasteiger partial charge in [0.05, 0.1) is 0 Å². The SMILES string of the molecule is O=C1c2ccccc2CCC1Cc1cccc(O)c1. The zero-order valence-electron chi connectivity index (χ0n) is 10.7. The van der Waals surface area contributed by atoms with Crippen LogP contribution in [0.5, 0.6) is 5.75 Å². The summed E-state index contributed by atoms with van der Waals surface area (Å²) in [6.45, 7) is 0. The molecule has 2 aromatic carbocycles. The first-order valence-electron chi connectivity index (χ1n) is 6.64. The lowest BCUT2D eigenvalue weighted by molar-refractivity contribution is 0.0901. The molecule has 19 heavy (non-hydrogen) atoms. The van der Waals surface area contributed by atoms with Crippen LogP contribution in [-0.2, 0) is 12.8 Å². The molecule has 0 spiro atoms. The van der Waals surface area contributed by atoms with Gasteiger partial charge >= 0.3 is 0 Å². The van der Waals surface area contributed by atoms with Crippen LogP contribution < -0.4 is 0 Å². The Bertz CT molecular complexity index is 616. The molecule has 0 amide bonds. The van der Waals surface area contributed by atoms with Gasteiger partial charge in [-0.15, -0.1) is 0 Å². The topological polar surface area (TPSA) is 37.3 Å². The summed E-state index contributed by atoms with van der Waals surface area (Å²) in [7, 11) is 0. The van der Waals surface area contributed by atoms with E-state index in [0.717, 1.165) is 24.0 Å². The molecule has 0 saturated heterocycles. The maximum absolute atomic E-state index is 12.4. The van der Waals surface area contributed by atoms with Crippen LogP contribution in [-0.4, -0.2) is 10.9 Å². The Morgan fingerprint density at radius 3 is 2.79 bits per heavy atom. The predicted molar refractivity (Wildman–Crippen MR) is 74.4 cm³/mol. The van der Waals surface area contributed by atoms with Crippen LogP contribution in [0.15, 0.2) is 48.5 Å².